The van der Waals surface area contributed by atoms with Crippen LogP contribution in [-0.4, -0.2) is 23.1 Å². The van der Waals surface area contributed by atoms with Gasteiger partial charge < -0.3 is 9.84 Å². The van der Waals surface area contributed by atoms with Crippen molar-refractivity contribution < 1.29 is 19.4 Å². The normalized spacial score (nSPS) is 10.9. The minimum absolute atomic E-state index is 0.0228. The highest BCUT2D eigenvalue weighted by atomic mass is 16.5. The van der Waals surface area contributed by atoms with E-state index in [1.54, 1.807) is 0 Å². The van der Waals surface area contributed by atoms with Crippen molar-refractivity contribution in [1.29, 1.82) is 0 Å². The van der Waals surface area contributed by atoms with Crippen molar-refractivity contribution in [2.75, 3.05) is 0 Å². The predicted octanol–water partition coefficient (Wildman–Crippen LogP) is 2.14. The van der Waals surface area contributed by atoms with E-state index >= 15 is 0 Å². The van der Waals surface area contributed by atoms with E-state index in [0.29, 0.717) is 0 Å². The number of esters is 1. The highest BCUT2D eigenvalue weighted by Crippen LogP contribution is 2.04. The van der Waals surface area contributed by atoms with Gasteiger partial charge in [-0.25, -0.2) is 0 Å². The van der Waals surface area contributed by atoms with Crippen LogP contribution >= 0.6 is 0 Å². The summed E-state index contributed by atoms with van der Waals surface area (Å²) in [5.74, 6) is -1.20. The topological polar surface area (TPSA) is 63.6 Å². The van der Waals surface area contributed by atoms with Gasteiger partial charge in [0.15, 0.2) is 0 Å². The van der Waals surface area contributed by atoms with Gasteiger partial charge in [-0.15, -0.1) is 0 Å². The van der Waals surface area contributed by atoms with Crippen molar-refractivity contribution in [1.82, 2.24) is 0 Å². The Hall–Kier alpha value is -1.32. The van der Waals surface area contributed by atoms with Gasteiger partial charge in [-0.1, -0.05) is 26.0 Å². The molecule has 15 heavy (non-hydrogen) atoms. The molecule has 0 aromatic rings. The van der Waals surface area contributed by atoms with E-state index in [1.165, 1.54) is 12.2 Å². The molecule has 0 spiro atoms. The average molecular weight is 214 g/mol. The predicted molar refractivity (Wildman–Crippen MR) is 56.5 cm³/mol. The highest BCUT2D eigenvalue weighted by molar-refractivity contribution is 5.72. The molecule has 0 rings (SSSR count). The molecule has 0 radical (unpaired) electrons. The van der Waals surface area contributed by atoms with Crippen LogP contribution in [0.2, 0.25) is 0 Å². The molecule has 0 saturated carbocycles. The van der Waals surface area contributed by atoms with Crippen molar-refractivity contribution in [3.63, 3.8) is 0 Å². The third-order valence-corrected chi connectivity index (χ3v) is 1.95. The van der Waals surface area contributed by atoms with Crippen molar-refractivity contribution in [2.24, 2.45) is 0 Å². The summed E-state index contributed by atoms with van der Waals surface area (Å²) in [7, 11) is 0. The fourth-order valence-corrected chi connectivity index (χ4v) is 1.05. The highest BCUT2D eigenvalue weighted by Gasteiger charge is 2.08. The lowest BCUT2D eigenvalue weighted by Crippen LogP contribution is -2.15. The Morgan fingerprint density at radius 2 is 1.73 bits per heavy atom. The summed E-state index contributed by atoms with van der Waals surface area (Å²) in [5.41, 5.74) is 0. The van der Waals surface area contributed by atoms with Crippen LogP contribution in [0.25, 0.3) is 0 Å². The first-order valence-corrected chi connectivity index (χ1v) is 5.16. The fourth-order valence-electron chi connectivity index (χ4n) is 1.05. The number of ether oxygens (including phenoxy) is 1. The van der Waals surface area contributed by atoms with Crippen LogP contribution in [0.5, 0.6) is 0 Å². The van der Waals surface area contributed by atoms with Gasteiger partial charge in [0.1, 0.15) is 6.10 Å². The number of carbonyl (C=O) groups excluding carboxylic acids is 1. The Labute approximate surface area is 89.9 Å². The second kappa shape index (κ2) is 8.03. The molecule has 4 nitrogen and oxygen atoms in total. The molecule has 0 aromatic carbocycles. The van der Waals surface area contributed by atoms with E-state index in [0.717, 1.165) is 12.8 Å². The molecule has 0 aromatic heterocycles. The SMILES string of the molecule is CCC(CC)OC(=O)C/C=C/CC(=O)O. The Morgan fingerprint density at radius 3 is 2.20 bits per heavy atom. The molecule has 0 aliphatic carbocycles. The van der Waals surface area contributed by atoms with Gasteiger partial charge in [0.25, 0.3) is 0 Å². The van der Waals surface area contributed by atoms with Crippen molar-refractivity contribution in [2.45, 2.75) is 45.6 Å². The molecule has 0 aliphatic heterocycles. The van der Waals surface area contributed by atoms with E-state index in [9.17, 15) is 9.59 Å². The van der Waals surface area contributed by atoms with Crippen molar-refractivity contribution in [3.05, 3.63) is 12.2 Å². The first kappa shape index (κ1) is 13.7. The molecular formula is C11H18O4. The lowest BCUT2D eigenvalue weighted by Gasteiger charge is -2.12. The minimum atomic E-state index is -0.903. The first-order chi connectivity index (χ1) is 7.10. The van der Waals surface area contributed by atoms with Gasteiger partial charge in [-0.05, 0) is 12.8 Å². The number of hydrogen-bond donors (Lipinski definition) is 1. The van der Waals surface area contributed by atoms with Crippen LogP contribution < -0.4 is 0 Å². The quantitative estimate of drug-likeness (QED) is 0.521. The lowest BCUT2D eigenvalue weighted by molar-refractivity contribution is -0.148. The minimum Gasteiger partial charge on any atom is -0.481 e. The summed E-state index contributed by atoms with van der Waals surface area (Å²) in [6.07, 6.45) is 4.66. The zero-order valence-electron chi connectivity index (χ0n) is 9.23. The van der Waals surface area contributed by atoms with Gasteiger partial charge in [0.2, 0.25) is 0 Å². The van der Waals surface area contributed by atoms with Crippen LogP contribution in [0.4, 0.5) is 0 Å². The number of hydrogen-bond acceptors (Lipinski definition) is 3. The van der Waals surface area contributed by atoms with Crippen LogP contribution in [0, 0.1) is 0 Å². The van der Waals surface area contributed by atoms with Crippen LogP contribution in [0.3, 0.4) is 0 Å². The summed E-state index contributed by atoms with van der Waals surface area (Å²) in [4.78, 5) is 21.3. The molecule has 0 aliphatic rings. The van der Waals surface area contributed by atoms with Crippen molar-refractivity contribution in [3.8, 4) is 0 Å². The van der Waals surface area contributed by atoms with Crippen LogP contribution in [0.1, 0.15) is 39.5 Å². The smallest absolute Gasteiger partial charge is 0.309 e. The third-order valence-electron chi connectivity index (χ3n) is 1.95. The van der Waals surface area contributed by atoms with Crippen molar-refractivity contribution >= 4 is 11.9 Å². The molecule has 0 amide bonds. The second-order valence-electron chi connectivity index (χ2n) is 3.20. The van der Waals surface area contributed by atoms with Gasteiger partial charge in [0, 0.05) is 0 Å². The average Bonchev–Trinajstić information content (AvgIpc) is 2.20. The van der Waals surface area contributed by atoms with Gasteiger partial charge in [0.05, 0.1) is 12.8 Å². The number of carboxylic acids is 1. The molecule has 0 unspecified atom stereocenters. The van der Waals surface area contributed by atoms with E-state index in [2.05, 4.69) is 0 Å². The Balaban J connectivity index is 3.74. The molecule has 0 atom stereocenters. The molecular weight excluding hydrogens is 196 g/mol. The molecule has 0 heterocycles. The monoisotopic (exact) mass is 214 g/mol. The summed E-state index contributed by atoms with van der Waals surface area (Å²) in [6, 6.07) is 0. The van der Waals surface area contributed by atoms with E-state index < -0.39 is 5.97 Å². The molecule has 1 N–H and O–H groups in total. The van der Waals surface area contributed by atoms with Crippen LogP contribution in [-0.2, 0) is 14.3 Å². The standard InChI is InChI=1S/C11H18O4/c1-3-9(4-2)15-11(14)8-6-5-7-10(12)13/h5-6,9H,3-4,7-8H2,1-2H3,(H,12,13)/b6-5+. The second-order valence-corrected chi connectivity index (χ2v) is 3.20. The van der Waals surface area contributed by atoms with E-state index in [1.807, 2.05) is 13.8 Å². The molecule has 4 heteroatoms. The van der Waals surface area contributed by atoms with E-state index in [-0.39, 0.29) is 24.9 Å². The lowest BCUT2D eigenvalue weighted by atomic mass is 10.2. The molecule has 0 fully saturated rings. The molecule has 0 saturated heterocycles. The Morgan fingerprint density at radius 1 is 1.20 bits per heavy atom. The number of rotatable bonds is 7. The van der Waals surface area contributed by atoms with Gasteiger partial charge >= 0.3 is 11.9 Å². The summed E-state index contributed by atoms with van der Waals surface area (Å²) < 4.78 is 5.12. The third kappa shape index (κ3) is 7.73. The Bertz CT molecular complexity index is 229. The molecule has 86 valence electrons. The van der Waals surface area contributed by atoms with Crippen LogP contribution in [0.15, 0.2) is 12.2 Å². The zero-order valence-corrected chi connectivity index (χ0v) is 9.23. The number of aliphatic carboxylic acids is 1. The maximum atomic E-state index is 11.2. The van der Waals surface area contributed by atoms with E-state index in [4.69, 9.17) is 9.84 Å². The van der Waals surface area contributed by atoms with Gasteiger partial charge in [-0.3, -0.25) is 9.59 Å². The summed E-state index contributed by atoms with van der Waals surface area (Å²) >= 11 is 0. The first-order valence-electron chi connectivity index (χ1n) is 5.16. The fraction of sp³-hybridized carbons (Fsp3) is 0.636. The zero-order chi connectivity index (χ0) is 11.7. The summed E-state index contributed by atoms with van der Waals surface area (Å²) in [6.45, 7) is 3.92. The van der Waals surface area contributed by atoms with Gasteiger partial charge in [-0.2, -0.15) is 0 Å². The number of carbonyl (C=O) groups is 2. The maximum Gasteiger partial charge on any atom is 0.309 e. The maximum absolute atomic E-state index is 11.2. The Kier molecular flexibility index (Phi) is 7.32. The molecule has 0 bridgehead atoms. The summed E-state index contributed by atoms with van der Waals surface area (Å²) in [5, 5.41) is 8.33. The number of carboxylic acid groups (broad SMARTS) is 1. The largest absolute Gasteiger partial charge is 0.481 e.